The van der Waals surface area contributed by atoms with Gasteiger partial charge < -0.3 is 23.8 Å². The summed E-state index contributed by atoms with van der Waals surface area (Å²) in [6, 6.07) is 12.5. The third kappa shape index (κ3) is 3.94. The molecule has 0 spiro atoms. The molecule has 0 unspecified atom stereocenters. The molecule has 1 N–H and O–H groups in total. The maximum atomic E-state index is 13.2. The van der Waals surface area contributed by atoms with Crippen LogP contribution in [-0.2, 0) is 6.54 Å². The van der Waals surface area contributed by atoms with Gasteiger partial charge >= 0.3 is 0 Å². The number of pyridine rings is 1. The number of halogens is 1. The Bertz CT molecular complexity index is 1360. The van der Waals surface area contributed by atoms with Crippen LogP contribution in [0.4, 0.5) is 10.1 Å². The standard InChI is InChI=1S/C24H21FN2O5/c1-14-21(23(28)26-18-9-8-17(30-2)12-20(18)31-3)22-19(32-14)10-11-27(24(22)29)13-15-4-6-16(25)7-5-15/h4-12H,13H2,1-3H3,(H,26,28). The molecular weight excluding hydrogens is 415 g/mol. The Labute approximate surface area is 183 Å². The molecular formula is C24H21FN2O5. The van der Waals surface area contributed by atoms with E-state index in [9.17, 15) is 14.0 Å². The average molecular weight is 436 g/mol. The molecule has 0 aliphatic rings. The lowest BCUT2D eigenvalue weighted by molar-refractivity contribution is 0.102. The summed E-state index contributed by atoms with van der Waals surface area (Å²) in [7, 11) is 3.02. The molecule has 0 saturated heterocycles. The van der Waals surface area contributed by atoms with Gasteiger partial charge in [-0.05, 0) is 42.8 Å². The van der Waals surface area contributed by atoms with Crippen molar-refractivity contribution in [2.45, 2.75) is 13.5 Å². The second-order valence-corrected chi connectivity index (χ2v) is 7.17. The Morgan fingerprint density at radius 1 is 1.09 bits per heavy atom. The van der Waals surface area contributed by atoms with Crippen molar-refractivity contribution in [2.24, 2.45) is 0 Å². The van der Waals surface area contributed by atoms with E-state index in [1.165, 1.54) is 30.9 Å². The molecule has 0 atom stereocenters. The van der Waals surface area contributed by atoms with Gasteiger partial charge in [0, 0.05) is 12.3 Å². The fourth-order valence-corrected chi connectivity index (χ4v) is 3.54. The minimum absolute atomic E-state index is 0.149. The fraction of sp³-hybridized carbons (Fsp3) is 0.167. The monoisotopic (exact) mass is 436 g/mol. The van der Waals surface area contributed by atoms with Gasteiger partial charge in [0.25, 0.3) is 11.5 Å². The number of hydrogen-bond donors (Lipinski definition) is 1. The van der Waals surface area contributed by atoms with Gasteiger partial charge in [0.2, 0.25) is 0 Å². The number of hydrogen-bond acceptors (Lipinski definition) is 5. The number of nitrogens with zero attached hydrogens (tertiary/aromatic N) is 1. The molecule has 0 saturated carbocycles. The lowest BCUT2D eigenvalue weighted by Crippen LogP contribution is -2.22. The summed E-state index contributed by atoms with van der Waals surface area (Å²) in [5, 5.41) is 2.96. The lowest BCUT2D eigenvalue weighted by atomic mass is 10.1. The van der Waals surface area contributed by atoms with Crippen LogP contribution in [0.15, 0.2) is 63.9 Å². The van der Waals surface area contributed by atoms with Crippen molar-refractivity contribution >= 4 is 22.6 Å². The summed E-state index contributed by atoms with van der Waals surface area (Å²) in [5.74, 6) is 0.461. The normalized spacial score (nSPS) is 10.9. The number of benzene rings is 2. The van der Waals surface area contributed by atoms with E-state index in [0.29, 0.717) is 28.5 Å². The predicted octanol–water partition coefficient (Wildman–Crippen LogP) is 4.36. The third-order valence-corrected chi connectivity index (χ3v) is 5.14. The number of methoxy groups -OCH3 is 2. The van der Waals surface area contributed by atoms with Gasteiger partial charge in [-0.2, -0.15) is 0 Å². The van der Waals surface area contributed by atoms with E-state index >= 15 is 0 Å². The van der Waals surface area contributed by atoms with Gasteiger partial charge in [0.05, 0.1) is 37.4 Å². The molecule has 164 valence electrons. The van der Waals surface area contributed by atoms with E-state index in [-0.39, 0.29) is 28.9 Å². The van der Waals surface area contributed by atoms with Crippen molar-refractivity contribution in [1.29, 1.82) is 0 Å². The Balaban J connectivity index is 1.72. The molecule has 4 aromatic rings. The van der Waals surface area contributed by atoms with Gasteiger partial charge in [-0.1, -0.05) is 12.1 Å². The van der Waals surface area contributed by atoms with Gasteiger partial charge in [0.1, 0.15) is 28.7 Å². The van der Waals surface area contributed by atoms with Crippen LogP contribution in [0, 0.1) is 12.7 Å². The first kappa shape index (κ1) is 21.2. The Hall–Kier alpha value is -4.07. The smallest absolute Gasteiger partial charge is 0.262 e. The minimum Gasteiger partial charge on any atom is -0.497 e. The zero-order valence-corrected chi connectivity index (χ0v) is 17.8. The zero-order valence-electron chi connectivity index (χ0n) is 17.8. The van der Waals surface area contributed by atoms with Crippen molar-refractivity contribution in [3.63, 3.8) is 0 Å². The van der Waals surface area contributed by atoms with Gasteiger partial charge in [-0.15, -0.1) is 0 Å². The number of fused-ring (bicyclic) bond motifs is 1. The van der Waals surface area contributed by atoms with Gasteiger partial charge in [-0.25, -0.2) is 4.39 Å². The Morgan fingerprint density at radius 2 is 1.84 bits per heavy atom. The van der Waals surface area contributed by atoms with E-state index in [1.54, 1.807) is 49.5 Å². The topological polar surface area (TPSA) is 82.7 Å². The largest absolute Gasteiger partial charge is 0.497 e. The van der Waals surface area contributed by atoms with E-state index in [4.69, 9.17) is 13.9 Å². The number of aryl methyl sites for hydroxylation is 1. The van der Waals surface area contributed by atoms with Crippen LogP contribution in [0.1, 0.15) is 21.7 Å². The number of ether oxygens (including phenoxy) is 2. The summed E-state index contributed by atoms with van der Waals surface area (Å²) in [6.45, 7) is 1.86. The maximum Gasteiger partial charge on any atom is 0.262 e. The zero-order chi connectivity index (χ0) is 22.8. The summed E-state index contributed by atoms with van der Waals surface area (Å²) in [4.78, 5) is 26.3. The highest BCUT2D eigenvalue weighted by Crippen LogP contribution is 2.31. The summed E-state index contributed by atoms with van der Waals surface area (Å²) >= 11 is 0. The summed E-state index contributed by atoms with van der Waals surface area (Å²) < 4.78 is 30.8. The molecule has 0 radical (unpaired) electrons. The van der Waals surface area contributed by atoms with Crippen LogP contribution in [-0.4, -0.2) is 24.7 Å². The van der Waals surface area contributed by atoms with Crippen molar-refractivity contribution in [1.82, 2.24) is 4.57 Å². The highest BCUT2D eigenvalue weighted by atomic mass is 19.1. The van der Waals surface area contributed by atoms with E-state index < -0.39 is 5.91 Å². The number of rotatable bonds is 6. The second-order valence-electron chi connectivity index (χ2n) is 7.17. The molecule has 32 heavy (non-hydrogen) atoms. The number of aromatic nitrogens is 1. The molecule has 0 bridgehead atoms. The molecule has 8 heteroatoms. The number of furan rings is 1. The number of carbonyl (C=O) groups excluding carboxylic acids is 1. The molecule has 4 rings (SSSR count). The van der Waals surface area contributed by atoms with Gasteiger partial charge in [0.15, 0.2) is 0 Å². The first-order valence-electron chi connectivity index (χ1n) is 9.81. The summed E-state index contributed by atoms with van der Waals surface area (Å²) in [6.07, 6.45) is 1.59. The number of nitrogens with one attached hydrogen (secondary N) is 1. The fourth-order valence-electron chi connectivity index (χ4n) is 3.54. The first-order chi connectivity index (χ1) is 15.4. The molecule has 0 fully saturated rings. The highest BCUT2D eigenvalue weighted by molar-refractivity contribution is 6.13. The van der Waals surface area contributed by atoms with Crippen molar-refractivity contribution < 1.29 is 23.1 Å². The summed E-state index contributed by atoms with van der Waals surface area (Å²) in [5.41, 5.74) is 1.26. The molecule has 7 nitrogen and oxygen atoms in total. The van der Waals surface area contributed by atoms with Crippen LogP contribution >= 0.6 is 0 Å². The van der Waals surface area contributed by atoms with Gasteiger partial charge in [-0.3, -0.25) is 9.59 Å². The molecule has 0 aliphatic carbocycles. The van der Waals surface area contributed by atoms with Crippen LogP contribution in [0.25, 0.3) is 11.0 Å². The van der Waals surface area contributed by atoms with Crippen LogP contribution < -0.4 is 20.3 Å². The van der Waals surface area contributed by atoms with Crippen LogP contribution in [0.2, 0.25) is 0 Å². The molecule has 1 amide bonds. The average Bonchev–Trinajstić information content (AvgIpc) is 3.14. The second kappa shape index (κ2) is 8.58. The van der Waals surface area contributed by atoms with Crippen molar-refractivity contribution in [3.05, 3.63) is 87.8 Å². The van der Waals surface area contributed by atoms with E-state index in [2.05, 4.69) is 5.32 Å². The number of anilines is 1. The number of carbonyl (C=O) groups is 1. The SMILES string of the molecule is COc1ccc(NC(=O)c2c(C)oc3ccn(Cc4ccc(F)cc4)c(=O)c23)c(OC)c1. The Morgan fingerprint density at radius 3 is 2.53 bits per heavy atom. The molecule has 2 heterocycles. The van der Waals surface area contributed by atoms with Crippen molar-refractivity contribution in [2.75, 3.05) is 19.5 Å². The minimum atomic E-state index is -0.499. The van der Waals surface area contributed by atoms with E-state index in [1.807, 2.05) is 0 Å². The van der Waals surface area contributed by atoms with E-state index in [0.717, 1.165) is 5.56 Å². The first-order valence-corrected chi connectivity index (χ1v) is 9.81. The van der Waals surface area contributed by atoms with Crippen LogP contribution in [0.3, 0.4) is 0 Å². The number of amides is 1. The third-order valence-electron chi connectivity index (χ3n) is 5.14. The Kier molecular flexibility index (Phi) is 5.68. The van der Waals surface area contributed by atoms with Crippen molar-refractivity contribution in [3.8, 4) is 11.5 Å². The molecule has 0 aliphatic heterocycles. The molecule has 2 aromatic heterocycles. The molecule has 2 aromatic carbocycles. The highest BCUT2D eigenvalue weighted by Gasteiger charge is 2.23. The maximum absolute atomic E-state index is 13.2. The van der Waals surface area contributed by atoms with Crippen LogP contribution in [0.5, 0.6) is 11.5 Å². The lowest BCUT2D eigenvalue weighted by Gasteiger charge is -2.11. The predicted molar refractivity (Wildman–Crippen MR) is 118 cm³/mol. The quantitative estimate of drug-likeness (QED) is 0.486.